The molecule has 8 heteroatoms. The number of amides is 1. The van der Waals surface area contributed by atoms with E-state index in [0.29, 0.717) is 0 Å². The zero-order chi connectivity index (χ0) is 9.84. The number of tetrazole rings is 1. The molecule has 0 fully saturated rings. The van der Waals surface area contributed by atoms with Crippen molar-refractivity contribution in [2.45, 2.75) is 6.42 Å². The minimum Gasteiger partial charge on any atom is -0.393 e. The summed E-state index contributed by atoms with van der Waals surface area (Å²) in [6, 6.07) is 0. The zero-order valence-corrected chi connectivity index (χ0v) is 7.71. The smallest absolute Gasteiger partial charge is 0.270 e. The van der Waals surface area contributed by atoms with Crippen LogP contribution in [0.4, 0.5) is 5.95 Å². The zero-order valence-electron chi connectivity index (χ0n) is 6.89. The fourth-order valence-corrected chi connectivity index (χ4v) is 0.792. The van der Waals surface area contributed by atoms with Crippen LogP contribution in [0.2, 0.25) is 0 Å². The second-order valence-corrected chi connectivity index (χ2v) is 2.82. The first-order valence-corrected chi connectivity index (χ1v) is 3.81. The summed E-state index contributed by atoms with van der Waals surface area (Å²) >= 11 is 4.55. The Bertz CT molecular complexity index is 334. The average molecular weight is 200 g/mol. The number of carbonyl (C=O) groups is 1. The molecule has 3 N–H and O–H groups in total. The molecule has 0 radical (unpaired) electrons. The molecule has 0 bridgehead atoms. The predicted molar refractivity (Wildman–Crippen MR) is 48.8 cm³/mol. The van der Waals surface area contributed by atoms with Crippen LogP contribution < -0.4 is 11.1 Å². The van der Waals surface area contributed by atoms with Gasteiger partial charge in [0.1, 0.15) is 0 Å². The van der Waals surface area contributed by atoms with E-state index in [-0.39, 0.29) is 23.3 Å². The molecule has 0 unspecified atom stereocenters. The van der Waals surface area contributed by atoms with Crippen LogP contribution in [0.1, 0.15) is 6.42 Å². The van der Waals surface area contributed by atoms with Crippen molar-refractivity contribution in [3.8, 4) is 0 Å². The Labute approximate surface area is 79.3 Å². The molecule has 1 rings (SSSR count). The molecule has 1 heterocycles. The van der Waals surface area contributed by atoms with E-state index in [1.54, 1.807) is 7.05 Å². The molecule has 13 heavy (non-hydrogen) atoms. The monoisotopic (exact) mass is 200 g/mol. The van der Waals surface area contributed by atoms with Gasteiger partial charge in [0.25, 0.3) is 5.95 Å². The number of rotatable bonds is 3. The van der Waals surface area contributed by atoms with E-state index in [2.05, 4.69) is 32.9 Å². The number of carbonyl (C=O) groups excluding carboxylic acids is 1. The summed E-state index contributed by atoms with van der Waals surface area (Å²) in [5.74, 6) is -0.204. The van der Waals surface area contributed by atoms with Crippen molar-refractivity contribution in [1.29, 1.82) is 0 Å². The highest BCUT2D eigenvalue weighted by atomic mass is 32.1. The molecule has 0 aliphatic carbocycles. The van der Waals surface area contributed by atoms with Crippen LogP contribution in [-0.4, -0.2) is 31.1 Å². The third kappa shape index (κ3) is 3.11. The lowest BCUT2D eigenvalue weighted by atomic mass is 10.4. The van der Waals surface area contributed by atoms with E-state index in [1.165, 1.54) is 4.80 Å². The molecular weight excluding hydrogens is 192 g/mol. The summed E-state index contributed by atoms with van der Waals surface area (Å²) in [7, 11) is 1.59. The third-order valence-electron chi connectivity index (χ3n) is 1.09. The largest absolute Gasteiger partial charge is 0.393 e. The highest BCUT2D eigenvalue weighted by molar-refractivity contribution is 7.80. The Hall–Kier alpha value is -1.57. The van der Waals surface area contributed by atoms with Crippen molar-refractivity contribution >= 4 is 29.1 Å². The van der Waals surface area contributed by atoms with Crippen LogP contribution >= 0.6 is 12.2 Å². The molecule has 0 saturated carbocycles. The molecule has 1 amide bonds. The SMILES string of the molecule is Cn1nnc(NC(=O)CC(N)=S)n1. The summed E-state index contributed by atoms with van der Waals surface area (Å²) in [6.07, 6.45) is -0.0203. The highest BCUT2D eigenvalue weighted by Gasteiger charge is 2.06. The van der Waals surface area contributed by atoms with Crippen molar-refractivity contribution in [2.24, 2.45) is 12.8 Å². The summed E-state index contributed by atoms with van der Waals surface area (Å²) in [6.45, 7) is 0. The molecular formula is C5H8N6OS. The first kappa shape index (κ1) is 9.52. The van der Waals surface area contributed by atoms with Gasteiger partial charge in [-0.05, 0) is 5.21 Å². The third-order valence-corrected chi connectivity index (χ3v) is 1.24. The van der Waals surface area contributed by atoms with Gasteiger partial charge in [-0.25, -0.2) is 0 Å². The molecule has 0 aliphatic heterocycles. The maximum atomic E-state index is 11.0. The molecule has 0 aromatic carbocycles. The van der Waals surface area contributed by atoms with Crippen LogP contribution in [-0.2, 0) is 11.8 Å². The van der Waals surface area contributed by atoms with Crippen molar-refractivity contribution in [2.75, 3.05) is 5.32 Å². The lowest BCUT2D eigenvalue weighted by Gasteiger charge is -1.96. The van der Waals surface area contributed by atoms with Gasteiger partial charge in [0.05, 0.1) is 18.5 Å². The highest BCUT2D eigenvalue weighted by Crippen LogP contribution is 1.93. The van der Waals surface area contributed by atoms with Crippen molar-refractivity contribution < 1.29 is 4.79 Å². The molecule has 0 atom stereocenters. The van der Waals surface area contributed by atoms with Crippen molar-refractivity contribution in [3.63, 3.8) is 0 Å². The normalized spacial score (nSPS) is 9.62. The maximum absolute atomic E-state index is 11.0. The lowest BCUT2D eigenvalue weighted by Crippen LogP contribution is -2.20. The van der Waals surface area contributed by atoms with Crippen LogP contribution in [0.5, 0.6) is 0 Å². The van der Waals surface area contributed by atoms with Gasteiger partial charge in [0.2, 0.25) is 5.91 Å². The quantitative estimate of drug-likeness (QED) is 0.596. The molecule has 70 valence electrons. The van der Waals surface area contributed by atoms with Crippen LogP contribution in [0.15, 0.2) is 0 Å². The number of aryl methyl sites for hydroxylation is 1. The Morgan fingerprint density at radius 1 is 1.77 bits per heavy atom. The van der Waals surface area contributed by atoms with Gasteiger partial charge in [-0.15, -0.1) is 5.10 Å². The number of thiocarbonyl (C=S) groups is 1. The number of hydrogen-bond acceptors (Lipinski definition) is 5. The summed E-state index contributed by atoms with van der Waals surface area (Å²) < 4.78 is 0. The van der Waals surface area contributed by atoms with Crippen LogP contribution in [0, 0.1) is 0 Å². The maximum Gasteiger partial charge on any atom is 0.270 e. The number of nitrogens with zero attached hydrogens (tertiary/aromatic N) is 4. The Balaban J connectivity index is 2.50. The first-order chi connectivity index (χ1) is 6.08. The second-order valence-electron chi connectivity index (χ2n) is 2.29. The first-order valence-electron chi connectivity index (χ1n) is 3.40. The van der Waals surface area contributed by atoms with E-state index in [0.717, 1.165) is 0 Å². The number of nitrogens with two attached hydrogens (primary N) is 1. The van der Waals surface area contributed by atoms with E-state index < -0.39 is 0 Å². The van der Waals surface area contributed by atoms with Gasteiger partial charge >= 0.3 is 0 Å². The summed E-state index contributed by atoms with van der Waals surface area (Å²) in [5.41, 5.74) is 5.16. The minimum absolute atomic E-state index is 0.0203. The fraction of sp³-hybridized carbons (Fsp3) is 0.400. The summed E-state index contributed by atoms with van der Waals surface area (Å²) in [4.78, 5) is 12.4. The molecule has 1 aromatic heterocycles. The van der Waals surface area contributed by atoms with Gasteiger partial charge in [0.15, 0.2) is 0 Å². The van der Waals surface area contributed by atoms with E-state index in [9.17, 15) is 4.79 Å². The van der Waals surface area contributed by atoms with Gasteiger partial charge in [-0.1, -0.05) is 17.3 Å². The predicted octanol–water partition coefficient (Wildman–Crippen LogP) is -1.18. The molecule has 0 aliphatic rings. The van der Waals surface area contributed by atoms with Gasteiger partial charge in [-0.3, -0.25) is 10.1 Å². The lowest BCUT2D eigenvalue weighted by molar-refractivity contribution is -0.115. The second kappa shape index (κ2) is 3.90. The Kier molecular flexibility index (Phi) is 2.85. The van der Waals surface area contributed by atoms with Crippen LogP contribution in [0.25, 0.3) is 0 Å². The minimum atomic E-state index is -0.347. The average Bonchev–Trinajstić information content (AvgIpc) is 2.33. The fourth-order valence-electron chi connectivity index (χ4n) is 0.661. The standard InChI is InChI=1S/C5H8N6OS/c1-11-9-5(8-10-11)7-4(12)2-3(6)13/h2H2,1H3,(H2,6,13)(H,7,9,12). The number of aromatic nitrogens is 4. The molecule has 1 aromatic rings. The van der Waals surface area contributed by atoms with E-state index >= 15 is 0 Å². The van der Waals surface area contributed by atoms with Gasteiger partial charge in [-0.2, -0.15) is 4.80 Å². The Morgan fingerprint density at radius 2 is 2.46 bits per heavy atom. The van der Waals surface area contributed by atoms with Gasteiger partial charge in [0, 0.05) is 0 Å². The van der Waals surface area contributed by atoms with Gasteiger partial charge < -0.3 is 5.73 Å². The molecule has 0 saturated heterocycles. The van der Waals surface area contributed by atoms with Crippen LogP contribution in [0.3, 0.4) is 0 Å². The summed E-state index contributed by atoms with van der Waals surface area (Å²) in [5, 5.41) is 13.2. The number of anilines is 1. The topological polar surface area (TPSA) is 98.7 Å². The number of nitrogens with one attached hydrogen (secondary N) is 1. The van der Waals surface area contributed by atoms with Crippen molar-refractivity contribution in [1.82, 2.24) is 20.2 Å². The number of hydrogen-bond donors (Lipinski definition) is 2. The molecule has 0 spiro atoms. The molecule has 7 nitrogen and oxygen atoms in total. The van der Waals surface area contributed by atoms with E-state index in [4.69, 9.17) is 5.73 Å². The van der Waals surface area contributed by atoms with Crippen molar-refractivity contribution in [3.05, 3.63) is 0 Å². The van der Waals surface area contributed by atoms with E-state index in [1.807, 2.05) is 0 Å². The Morgan fingerprint density at radius 3 is 2.92 bits per heavy atom.